The zero-order valence-corrected chi connectivity index (χ0v) is 8.44. The lowest BCUT2D eigenvalue weighted by Gasteiger charge is -2.29. The highest BCUT2D eigenvalue weighted by molar-refractivity contribution is 5.77. The molecular formula is C11H15N3O. The topological polar surface area (TPSA) is 67.1 Å². The van der Waals surface area contributed by atoms with Crippen molar-refractivity contribution in [1.29, 1.82) is 0 Å². The summed E-state index contributed by atoms with van der Waals surface area (Å²) in [6.45, 7) is 0. The Labute approximate surface area is 88.9 Å². The normalized spacial score (nSPS) is 26.1. The Morgan fingerprint density at radius 1 is 1.33 bits per heavy atom. The predicted octanol–water partition coefficient (Wildman–Crippen LogP) is -0.0505. The van der Waals surface area contributed by atoms with Gasteiger partial charge in [-0.05, 0) is 12.0 Å². The number of nitrogens with two attached hydrogens (primary N) is 1. The molecule has 1 fully saturated rings. The Bertz CT molecular complexity index is 339. The van der Waals surface area contributed by atoms with E-state index >= 15 is 0 Å². The van der Waals surface area contributed by atoms with Gasteiger partial charge >= 0.3 is 0 Å². The van der Waals surface area contributed by atoms with Gasteiger partial charge in [-0.3, -0.25) is 15.8 Å². The molecule has 0 radical (unpaired) electrons. The van der Waals surface area contributed by atoms with E-state index in [9.17, 15) is 4.79 Å². The lowest BCUT2D eigenvalue weighted by Crippen LogP contribution is -2.61. The van der Waals surface area contributed by atoms with Crippen LogP contribution in [-0.2, 0) is 11.2 Å². The van der Waals surface area contributed by atoms with Crippen molar-refractivity contribution in [2.75, 3.05) is 0 Å². The number of nitrogens with one attached hydrogen (secondary N) is 2. The number of carbonyl (C=O) groups excluding carboxylic acids is 1. The van der Waals surface area contributed by atoms with Crippen molar-refractivity contribution in [1.82, 2.24) is 10.6 Å². The molecule has 1 aliphatic rings. The highest BCUT2D eigenvalue weighted by Crippen LogP contribution is 2.08. The average molecular weight is 205 g/mol. The minimum absolute atomic E-state index is 0.0159. The van der Waals surface area contributed by atoms with E-state index in [0.29, 0.717) is 6.42 Å². The van der Waals surface area contributed by atoms with Crippen LogP contribution in [0.25, 0.3) is 0 Å². The summed E-state index contributed by atoms with van der Waals surface area (Å²) in [7, 11) is 0. The van der Waals surface area contributed by atoms with Gasteiger partial charge in [0.15, 0.2) is 0 Å². The summed E-state index contributed by atoms with van der Waals surface area (Å²) in [6, 6.07) is 10.2. The maximum absolute atomic E-state index is 11.2. The van der Waals surface area contributed by atoms with Crippen LogP contribution in [0.2, 0.25) is 0 Å². The van der Waals surface area contributed by atoms with E-state index in [2.05, 4.69) is 22.8 Å². The number of benzene rings is 1. The molecule has 1 aliphatic heterocycles. The number of hydrogen-bond donors (Lipinski definition) is 3. The largest absolute Gasteiger partial charge is 0.328 e. The van der Waals surface area contributed by atoms with Gasteiger partial charge in [-0.25, -0.2) is 0 Å². The molecule has 1 aromatic carbocycles. The van der Waals surface area contributed by atoms with Gasteiger partial charge < -0.3 is 5.32 Å². The molecule has 15 heavy (non-hydrogen) atoms. The van der Waals surface area contributed by atoms with Crippen molar-refractivity contribution in [2.24, 2.45) is 5.73 Å². The average Bonchev–Trinajstić information content (AvgIpc) is 2.17. The van der Waals surface area contributed by atoms with Gasteiger partial charge in [-0.15, -0.1) is 0 Å². The molecule has 1 saturated heterocycles. The Morgan fingerprint density at radius 3 is 2.73 bits per heavy atom. The molecule has 1 heterocycles. The summed E-state index contributed by atoms with van der Waals surface area (Å²) >= 11 is 0. The van der Waals surface area contributed by atoms with E-state index in [1.54, 1.807) is 0 Å². The monoisotopic (exact) mass is 205 g/mol. The molecule has 2 atom stereocenters. The first-order valence-corrected chi connectivity index (χ1v) is 5.09. The zero-order valence-electron chi connectivity index (χ0n) is 8.44. The van der Waals surface area contributed by atoms with Crippen LogP contribution < -0.4 is 16.4 Å². The van der Waals surface area contributed by atoms with Crippen LogP contribution in [0, 0.1) is 0 Å². The van der Waals surface area contributed by atoms with Gasteiger partial charge in [0, 0.05) is 12.5 Å². The van der Waals surface area contributed by atoms with E-state index in [0.717, 1.165) is 6.42 Å². The third-order valence-electron chi connectivity index (χ3n) is 2.49. The minimum Gasteiger partial charge on any atom is -0.328 e. The van der Waals surface area contributed by atoms with Crippen molar-refractivity contribution in [2.45, 2.75) is 25.2 Å². The maximum atomic E-state index is 11.2. The Morgan fingerprint density at radius 2 is 2.07 bits per heavy atom. The molecule has 80 valence electrons. The number of hydrogen-bond acceptors (Lipinski definition) is 3. The molecule has 0 aromatic heterocycles. The Kier molecular flexibility index (Phi) is 2.99. The smallest absolute Gasteiger partial charge is 0.223 e. The molecule has 4 nitrogen and oxygen atoms in total. The summed E-state index contributed by atoms with van der Waals surface area (Å²) in [5.74, 6) is 0.0159. The Hall–Kier alpha value is -1.39. The van der Waals surface area contributed by atoms with E-state index in [-0.39, 0.29) is 11.9 Å². The maximum Gasteiger partial charge on any atom is 0.223 e. The number of rotatable bonds is 2. The molecule has 1 aromatic rings. The van der Waals surface area contributed by atoms with Gasteiger partial charge in [0.25, 0.3) is 0 Å². The summed E-state index contributed by atoms with van der Waals surface area (Å²) < 4.78 is 0. The van der Waals surface area contributed by atoms with Gasteiger partial charge in [-0.2, -0.15) is 0 Å². The third-order valence-corrected chi connectivity index (χ3v) is 2.49. The standard InChI is InChI=1S/C11H15N3O/c12-11-13-9(7-10(15)14-11)6-8-4-2-1-3-5-8/h1-5,9,11,13H,6-7,12H2,(H,14,15). The molecule has 2 unspecified atom stereocenters. The van der Waals surface area contributed by atoms with Crippen LogP contribution in [0.5, 0.6) is 0 Å². The predicted molar refractivity (Wildman–Crippen MR) is 57.8 cm³/mol. The second kappa shape index (κ2) is 4.42. The van der Waals surface area contributed by atoms with Crippen LogP contribution >= 0.6 is 0 Å². The summed E-state index contributed by atoms with van der Waals surface area (Å²) in [5.41, 5.74) is 6.85. The summed E-state index contributed by atoms with van der Waals surface area (Å²) in [5, 5.41) is 5.76. The molecule has 0 spiro atoms. The Balaban J connectivity index is 1.97. The first kappa shape index (κ1) is 10.1. The molecule has 0 saturated carbocycles. The van der Waals surface area contributed by atoms with Crippen LogP contribution in [-0.4, -0.2) is 18.2 Å². The lowest BCUT2D eigenvalue weighted by molar-refractivity contribution is -0.124. The van der Waals surface area contributed by atoms with Crippen molar-refractivity contribution in [3.63, 3.8) is 0 Å². The molecule has 1 amide bonds. The zero-order chi connectivity index (χ0) is 10.7. The summed E-state index contributed by atoms with van der Waals surface area (Å²) in [4.78, 5) is 11.2. The fraction of sp³-hybridized carbons (Fsp3) is 0.364. The number of carbonyl (C=O) groups is 1. The molecule has 4 heteroatoms. The van der Waals surface area contributed by atoms with Gasteiger partial charge in [0.1, 0.15) is 6.29 Å². The van der Waals surface area contributed by atoms with Crippen molar-refractivity contribution < 1.29 is 4.79 Å². The van der Waals surface area contributed by atoms with Crippen molar-refractivity contribution >= 4 is 5.91 Å². The lowest BCUT2D eigenvalue weighted by atomic mass is 10.0. The fourth-order valence-electron chi connectivity index (χ4n) is 1.84. The molecular weight excluding hydrogens is 190 g/mol. The molecule has 0 aliphatic carbocycles. The van der Waals surface area contributed by atoms with Crippen molar-refractivity contribution in [3.05, 3.63) is 35.9 Å². The highest BCUT2D eigenvalue weighted by Gasteiger charge is 2.22. The first-order chi connectivity index (χ1) is 7.24. The van der Waals surface area contributed by atoms with E-state index in [1.807, 2.05) is 18.2 Å². The molecule has 4 N–H and O–H groups in total. The van der Waals surface area contributed by atoms with Gasteiger partial charge in [0.05, 0.1) is 0 Å². The second-order valence-electron chi connectivity index (χ2n) is 3.80. The van der Waals surface area contributed by atoms with E-state index < -0.39 is 6.29 Å². The number of amides is 1. The van der Waals surface area contributed by atoms with E-state index in [1.165, 1.54) is 5.56 Å². The van der Waals surface area contributed by atoms with E-state index in [4.69, 9.17) is 5.73 Å². The van der Waals surface area contributed by atoms with Crippen molar-refractivity contribution in [3.8, 4) is 0 Å². The highest BCUT2D eigenvalue weighted by atomic mass is 16.2. The quantitative estimate of drug-likeness (QED) is 0.634. The SMILES string of the molecule is NC1NC(=O)CC(Cc2ccccc2)N1. The second-order valence-corrected chi connectivity index (χ2v) is 3.80. The first-order valence-electron chi connectivity index (χ1n) is 5.09. The van der Waals surface area contributed by atoms with Gasteiger partial charge in [0.2, 0.25) is 5.91 Å². The fourth-order valence-corrected chi connectivity index (χ4v) is 1.84. The van der Waals surface area contributed by atoms with Crippen LogP contribution in [0.4, 0.5) is 0 Å². The minimum atomic E-state index is -0.417. The van der Waals surface area contributed by atoms with Gasteiger partial charge in [-0.1, -0.05) is 30.3 Å². The summed E-state index contributed by atoms with van der Waals surface area (Å²) in [6.07, 6.45) is 0.907. The third kappa shape index (κ3) is 2.78. The molecule has 2 rings (SSSR count). The van der Waals surface area contributed by atoms with Crippen LogP contribution in [0.15, 0.2) is 30.3 Å². The van der Waals surface area contributed by atoms with Crippen LogP contribution in [0.1, 0.15) is 12.0 Å². The van der Waals surface area contributed by atoms with Crippen LogP contribution in [0.3, 0.4) is 0 Å². The molecule has 0 bridgehead atoms.